The Bertz CT molecular complexity index is 338. The number of carbonyl (C=O) groups excluding carboxylic acids is 1. The molecule has 1 aromatic heterocycles. The Kier molecular flexibility index (Phi) is 3.23. The largest absolute Gasteiger partial charge is 0.299 e. The lowest BCUT2D eigenvalue weighted by Crippen LogP contribution is -2.43. The summed E-state index contributed by atoms with van der Waals surface area (Å²) in [6, 6.07) is 5.48. The van der Waals surface area contributed by atoms with Crippen molar-refractivity contribution in [2.45, 2.75) is 6.04 Å². The summed E-state index contributed by atoms with van der Waals surface area (Å²) in [5, 5.41) is 3.15. The van der Waals surface area contributed by atoms with Crippen molar-refractivity contribution in [1.29, 1.82) is 0 Å². The van der Waals surface area contributed by atoms with Crippen molar-refractivity contribution in [3.05, 3.63) is 24.4 Å². The fourth-order valence-corrected chi connectivity index (χ4v) is 2.39. The molecule has 1 aliphatic rings. The van der Waals surface area contributed by atoms with Crippen LogP contribution in [0.25, 0.3) is 0 Å². The summed E-state index contributed by atoms with van der Waals surface area (Å²) >= 11 is 1.74. The fraction of sp³-hybridized carbons (Fsp3) is 0.400. The lowest BCUT2D eigenvalue weighted by Gasteiger charge is -2.19. The Balaban J connectivity index is 2.07. The molecule has 1 amide bonds. The van der Waals surface area contributed by atoms with Crippen LogP contribution in [-0.2, 0) is 4.79 Å². The normalized spacial score (nSPS) is 20.2. The maximum Gasteiger partial charge on any atom is 0.245 e. The number of carbonyl (C=O) groups is 1. The van der Waals surface area contributed by atoms with E-state index in [1.807, 2.05) is 18.2 Å². The second-order valence-corrected chi connectivity index (χ2v) is 4.39. The van der Waals surface area contributed by atoms with Gasteiger partial charge in [-0.25, -0.2) is 4.98 Å². The molecule has 1 aromatic rings. The molecule has 0 aliphatic carbocycles. The highest BCUT2D eigenvalue weighted by atomic mass is 32.2. The van der Waals surface area contributed by atoms with Crippen LogP contribution >= 0.6 is 11.8 Å². The highest BCUT2D eigenvalue weighted by Gasteiger charge is 2.26. The van der Waals surface area contributed by atoms with Crippen LogP contribution in [0.4, 0.5) is 5.82 Å². The average Bonchev–Trinajstić information content (AvgIpc) is 2.82. The van der Waals surface area contributed by atoms with Crippen LogP contribution in [0.3, 0.4) is 0 Å². The minimum absolute atomic E-state index is 0.0676. The first kappa shape index (κ1) is 10.4. The SMILES string of the molecule is CN(C(=O)C1CSCN1)c1ccccn1. The Morgan fingerprint density at radius 2 is 2.53 bits per heavy atom. The summed E-state index contributed by atoms with van der Waals surface area (Å²) in [4.78, 5) is 17.7. The van der Waals surface area contributed by atoms with Gasteiger partial charge in [-0.1, -0.05) is 6.07 Å². The van der Waals surface area contributed by atoms with Crippen molar-refractivity contribution < 1.29 is 4.79 Å². The summed E-state index contributed by atoms with van der Waals surface area (Å²) in [5.41, 5.74) is 0. The first-order valence-electron chi connectivity index (χ1n) is 4.79. The second kappa shape index (κ2) is 4.63. The molecule has 1 fully saturated rings. The Morgan fingerprint density at radius 1 is 1.67 bits per heavy atom. The smallest absolute Gasteiger partial charge is 0.245 e. The Morgan fingerprint density at radius 3 is 3.13 bits per heavy atom. The highest BCUT2D eigenvalue weighted by molar-refractivity contribution is 7.99. The molecule has 80 valence electrons. The average molecular weight is 223 g/mol. The van der Waals surface area contributed by atoms with Gasteiger partial charge >= 0.3 is 0 Å². The minimum Gasteiger partial charge on any atom is -0.299 e. The van der Waals surface area contributed by atoms with Gasteiger partial charge in [0.05, 0.1) is 6.04 Å². The third-order valence-corrected chi connectivity index (χ3v) is 3.28. The van der Waals surface area contributed by atoms with Crippen LogP contribution in [0.5, 0.6) is 0 Å². The van der Waals surface area contributed by atoms with Crippen LogP contribution in [-0.4, -0.2) is 35.6 Å². The van der Waals surface area contributed by atoms with Gasteiger partial charge in [-0.2, -0.15) is 0 Å². The molecule has 0 aromatic carbocycles. The molecule has 1 unspecified atom stereocenters. The number of aromatic nitrogens is 1. The van der Waals surface area contributed by atoms with Crippen LogP contribution < -0.4 is 10.2 Å². The number of hydrogen-bond donors (Lipinski definition) is 1. The third kappa shape index (κ3) is 2.30. The molecule has 2 heterocycles. The van der Waals surface area contributed by atoms with Crippen LogP contribution in [0, 0.1) is 0 Å². The monoisotopic (exact) mass is 223 g/mol. The molecule has 0 radical (unpaired) electrons. The van der Waals surface area contributed by atoms with E-state index in [2.05, 4.69) is 10.3 Å². The zero-order valence-electron chi connectivity index (χ0n) is 8.51. The topological polar surface area (TPSA) is 45.2 Å². The predicted octanol–water partition coefficient (Wildman–Crippen LogP) is 0.707. The molecule has 1 aliphatic heterocycles. The summed E-state index contributed by atoms with van der Waals surface area (Å²) < 4.78 is 0. The maximum absolute atomic E-state index is 12.0. The van der Waals surface area contributed by atoms with Gasteiger partial charge in [0.25, 0.3) is 0 Å². The van der Waals surface area contributed by atoms with Crippen molar-refractivity contribution in [2.75, 3.05) is 23.6 Å². The zero-order chi connectivity index (χ0) is 10.7. The lowest BCUT2D eigenvalue weighted by molar-refractivity contribution is -0.119. The molecule has 15 heavy (non-hydrogen) atoms. The molecule has 1 N–H and O–H groups in total. The Hall–Kier alpha value is -1.07. The van der Waals surface area contributed by atoms with E-state index >= 15 is 0 Å². The lowest BCUT2D eigenvalue weighted by atomic mass is 10.3. The third-order valence-electron chi connectivity index (χ3n) is 2.34. The van der Waals surface area contributed by atoms with E-state index in [9.17, 15) is 4.79 Å². The quantitative estimate of drug-likeness (QED) is 0.802. The molecule has 5 heteroatoms. The van der Waals surface area contributed by atoms with Gasteiger partial charge in [0.2, 0.25) is 5.91 Å². The maximum atomic E-state index is 12.0. The van der Waals surface area contributed by atoms with Gasteiger partial charge in [0.15, 0.2) is 0 Å². The number of likely N-dealkylation sites (N-methyl/N-ethyl adjacent to an activating group) is 1. The number of nitrogens with one attached hydrogen (secondary N) is 1. The van der Waals surface area contributed by atoms with Crippen molar-refractivity contribution in [3.8, 4) is 0 Å². The van der Waals surface area contributed by atoms with Crippen LogP contribution in [0.2, 0.25) is 0 Å². The molecular weight excluding hydrogens is 210 g/mol. The minimum atomic E-state index is -0.0676. The number of anilines is 1. The van der Waals surface area contributed by atoms with E-state index < -0.39 is 0 Å². The van der Waals surface area contributed by atoms with E-state index in [4.69, 9.17) is 0 Å². The summed E-state index contributed by atoms with van der Waals surface area (Å²) in [5.74, 6) is 2.47. The summed E-state index contributed by atoms with van der Waals surface area (Å²) in [6.45, 7) is 0. The van der Waals surface area contributed by atoms with Gasteiger partial charge in [-0.05, 0) is 12.1 Å². The van der Waals surface area contributed by atoms with Gasteiger partial charge in [-0.15, -0.1) is 11.8 Å². The van der Waals surface area contributed by atoms with Crippen molar-refractivity contribution in [3.63, 3.8) is 0 Å². The second-order valence-electron chi connectivity index (χ2n) is 3.36. The predicted molar refractivity (Wildman–Crippen MR) is 61.9 cm³/mol. The molecule has 4 nitrogen and oxygen atoms in total. The number of thioether (sulfide) groups is 1. The number of hydrogen-bond acceptors (Lipinski definition) is 4. The molecule has 0 saturated carbocycles. The Labute approximate surface area is 93.1 Å². The molecule has 2 rings (SSSR count). The summed E-state index contributed by atoms with van der Waals surface area (Å²) in [6.07, 6.45) is 1.69. The van der Waals surface area contributed by atoms with Crippen molar-refractivity contribution in [1.82, 2.24) is 10.3 Å². The van der Waals surface area contributed by atoms with Gasteiger partial charge in [0, 0.05) is 24.9 Å². The van der Waals surface area contributed by atoms with E-state index in [0.717, 1.165) is 11.6 Å². The first-order chi connectivity index (χ1) is 7.29. The fourth-order valence-electron chi connectivity index (χ4n) is 1.45. The molecular formula is C10H13N3OS. The number of pyridine rings is 1. The van der Waals surface area contributed by atoms with Crippen LogP contribution in [0.15, 0.2) is 24.4 Å². The first-order valence-corrected chi connectivity index (χ1v) is 5.94. The van der Waals surface area contributed by atoms with Crippen LogP contribution in [0.1, 0.15) is 0 Å². The van der Waals surface area contributed by atoms with Gasteiger partial charge in [-0.3, -0.25) is 15.0 Å². The number of nitrogens with zero attached hydrogens (tertiary/aromatic N) is 2. The molecule has 0 bridgehead atoms. The zero-order valence-corrected chi connectivity index (χ0v) is 9.33. The number of amides is 1. The molecule has 1 atom stereocenters. The number of rotatable bonds is 2. The van der Waals surface area contributed by atoms with Gasteiger partial charge < -0.3 is 0 Å². The van der Waals surface area contributed by atoms with E-state index in [1.54, 1.807) is 29.9 Å². The van der Waals surface area contributed by atoms with E-state index in [0.29, 0.717) is 5.82 Å². The van der Waals surface area contributed by atoms with Gasteiger partial charge in [0.1, 0.15) is 5.82 Å². The van der Waals surface area contributed by atoms with Crippen molar-refractivity contribution >= 4 is 23.5 Å². The highest BCUT2D eigenvalue weighted by Crippen LogP contribution is 2.14. The summed E-state index contributed by atoms with van der Waals surface area (Å²) in [7, 11) is 1.76. The standard InChI is InChI=1S/C10H13N3OS/c1-13(9-4-2-3-5-11-9)10(14)8-6-15-7-12-8/h2-5,8,12H,6-7H2,1H3. The molecule has 1 saturated heterocycles. The van der Waals surface area contributed by atoms with E-state index in [-0.39, 0.29) is 11.9 Å². The van der Waals surface area contributed by atoms with E-state index in [1.165, 1.54) is 0 Å². The molecule has 0 spiro atoms. The van der Waals surface area contributed by atoms with Crippen molar-refractivity contribution in [2.24, 2.45) is 0 Å².